The lowest BCUT2D eigenvalue weighted by molar-refractivity contribution is 0.122. The molecule has 104 valence electrons. The quantitative estimate of drug-likeness (QED) is 0.839. The van der Waals surface area contributed by atoms with E-state index in [1.54, 1.807) is 0 Å². The molecule has 1 aromatic heterocycles. The van der Waals surface area contributed by atoms with Crippen molar-refractivity contribution in [1.29, 1.82) is 0 Å². The average Bonchev–Trinajstić information content (AvgIpc) is 2.40. The Hall–Kier alpha value is -1.27. The predicted molar refractivity (Wildman–Crippen MR) is 72.9 cm³/mol. The molecule has 6 nitrogen and oxygen atoms in total. The van der Waals surface area contributed by atoms with Crippen molar-refractivity contribution in [2.75, 3.05) is 25.0 Å². The van der Waals surface area contributed by atoms with Gasteiger partial charge >= 0.3 is 6.09 Å². The van der Waals surface area contributed by atoms with Crippen LogP contribution in [0.4, 0.5) is 10.6 Å². The first-order valence-corrected chi connectivity index (χ1v) is 6.71. The van der Waals surface area contributed by atoms with Gasteiger partial charge in [-0.2, -0.15) is 4.98 Å². The van der Waals surface area contributed by atoms with Gasteiger partial charge in [0.25, 0.3) is 0 Å². The van der Waals surface area contributed by atoms with Crippen molar-refractivity contribution in [3.05, 3.63) is 16.5 Å². The largest absolute Gasteiger partial charge is 0.465 e. The minimum absolute atomic E-state index is 0.128. The molecular formula is C11H14Cl2N4O2. The van der Waals surface area contributed by atoms with Crippen molar-refractivity contribution >= 4 is 35.1 Å². The first kappa shape index (κ1) is 14.1. The van der Waals surface area contributed by atoms with Gasteiger partial charge in [0.15, 0.2) is 0 Å². The fourth-order valence-corrected chi connectivity index (χ4v) is 2.41. The van der Waals surface area contributed by atoms with E-state index in [1.165, 1.54) is 11.1 Å². The van der Waals surface area contributed by atoms with E-state index in [-0.39, 0.29) is 11.2 Å². The molecule has 0 bridgehead atoms. The Labute approximate surface area is 120 Å². The van der Waals surface area contributed by atoms with Gasteiger partial charge in [-0.25, -0.2) is 9.78 Å². The summed E-state index contributed by atoms with van der Waals surface area (Å²) < 4.78 is 0. The lowest BCUT2D eigenvalue weighted by atomic mass is 9.98. The summed E-state index contributed by atoms with van der Waals surface area (Å²) in [4.78, 5) is 20.1. The Bertz CT molecular complexity index is 472. The van der Waals surface area contributed by atoms with E-state index < -0.39 is 6.09 Å². The minimum Gasteiger partial charge on any atom is -0.465 e. The molecule has 0 aliphatic carbocycles. The number of hydrogen-bond donors (Lipinski definition) is 2. The fourth-order valence-electron chi connectivity index (χ4n) is 2.12. The van der Waals surface area contributed by atoms with Crippen LogP contribution in [0.15, 0.2) is 6.20 Å². The molecule has 2 rings (SSSR count). The summed E-state index contributed by atoms with van der Waals surface area (Å²) in [5.74, 6) is 0.726. The molecule has 0 saturated carbocycles. The summed E-state index contributed by atoms with van der Waals surface area (Å²) in [5.41, 5.74) is 0. The number of carbonyl (C=O) groups is 1. The smallest absolute Gasteiger partial charge is 0.407 e. The molecule has 1 aromatic rings. The summed E-state index contributed by atoms with van der Waals surface area (Å²) in [6.45, 7) is 1.74. The highest BCUT2D eigenvalue weighted by Gasteiger charge is 2.23. The van der Waals surface area contributed by atoms with Gasteiger partial charge in [-0.15, -0.1) is 0 Å². The normalized spacial score (nSPS) is 19.3. The number of hydrogen-bond acceptors (Lipinski definition) is 4. The number of amides is 1. The van der Waals surface area contributed by atoms with Crippen LogP contribution in [0.5, 0.6) is 0 Å². The second kappa shape index (κ2) is 6.25. The van der Waals surface area contributed by atoms with Gasteiger partial charge in [-0.1, -0.05) is 11.6 Å². The summed E-state index contributed by atoms with van der Waals surface area (Å²) in [7, 11) is 0. The monoisotopic (exact) mass is 304 g/mol. The maximum atomic E-state index is 10.9. The second-order valence-electron chi connectivity index (χ2n) is 4.45. The summed E-state index contributed by atoms with van der Waals surface area (Å²) in [5, 5.41) is 12.6. The van der Waals surface area contributed by atoms with Crippen molar-refractivity contribution in [3.8, 4) is 0 Å². The highest BCUT2D eigenvalue weighted by Crippen LogP contribution is 2.22. The molecule has 0 radical (unpaired) electrons. The maximum Gasteiger partial charge on any atom is 0.407 e. The van der Waals surface area contributed by atoms with Crippen molar-refractivity contribution in [2.45, 2.75) is 12.8 Å². The number of rotatable bonds is 3. The fraction of sp³-hybridized carbons (Fsp3) is 0.545. The third-order valence-electron chi connectivity index (χ3n) is 3.06. The molecule has 1 aliphatic heterocycles. The molecule has 0 spiro atoms. The Morgan fingerprint density at radius 1 is 1.58 bits per heavy atom. The number of nitrogens with zero attached hydrogens (tertiary/aromatic N) is 3. The number of aromatic nitrogens is 2. The van der Waals surface area contributed by atoms with E-state index in [0.29, 0.717) is 30.5 Å². The van der Waals surface area contributed by atoms with Crippen LogP contribution in [-0.4, -0.2) is 45.7 Å². The van der Waals surface area contributed by atoms with Gasteiger partial charge in [0.1, 0.15) is 10.8 Å². The van der Waals surface area contributed by atoms with Crippen LogP contribution in [0.25, 0.3) is 0 Å². The van der Waals surface area contributed by atoms with Gasteiger partial charge in [-0.05, 0) is 30.4 Å². The first-order chi connectivity index (χ1) is 9.06. The van der Waals surface area contributed by atoms with E-state index in [9.17, 15) is 4.79 Å². The summed E-state index contributed by atoms with van der Waals surface area (Å²) in [6, 6.07) is 0. The predicted octanol–water partition coefficient (Wildman–Crippen LogP) is 2.59. The number of nitrogens with one attached hydrogen (secondary N) is 1. The molecule has 1 unspecified atom stereocenters. The van der Waals surface area contributed by atoms with Crippen LogP contribution < -0.4 is 5.32 Å². The zero-order valence-electron chi connectivity index (χ0n) is 10.1. The van der Waals surface area contributed by atoms with Gasteiger partial charge < -0.3 is 15.3 Å². The molecule has 1 atom stereocenters. The van der Waals surface area contributed by atoms with Crippen LogP contribution in [0.2, 0.25) is 10.3 Å². The summed E-state index contributed by atoms with van der Waals surface area (Å²) in [6.07, 6.45) is 2.42. The molecule has 1 saturated heterocycles. The van der Waals surface area contributed by atoms with Crippen LogP contribution >= 0.6 is 23.2 Å². The lowest BCUT2D eigenvalue weighted by Crippen LogP contribution is -2.41. The first-order valence-electron chi connectivity index (χ1n) is 5.96. The van der Waals surface area contributed by atoms with Gasteiger partial charge in [0, 0.05) is 19.6 Å². The molecule has 8 heteroatoms. The third-order valence-corrected chi connectivity index (χ3v) is 3.52. The van der Waals surface area contributed by atoms with Crippen LogP contribution in [0.1, 0.15) is 12.8 Å². The SMILES string of the molecule is O=C(O)N1CCCC(CNc2nc(Cl)ncc2Cl)C1. The number of carboxylic acid groups (broad SMARTS) is 1. The molecule has 1 amide bonds. The zero-order chi connectivity index (χ0) is 13.8. The number of piperidine rings is 1. The van der Waals surface area contributed by atoms with Crippen LogP contribution in [-0.2, 0) is 0 Å². The molecule has 1 aliphatic rings. The van der Waals surface area contributed by atoms with Crippen molar-refractivity contribution in [1.82, 2.24) is 14.9 Å². The molecule has 0 aromatic carbocycles. The number of anilines is 1. The second-order valence-corrected chi connectivity index (χ2v) is 5.20. The average molecular weight is 305 g/mol. The summed E-state index contributed by atoms with van der Waals surface area (Å²) >= 11 is 11.6. The van der Waals surface area contributed by atoms with E-state index in [0.717, 1.165) is 12.8 Å². The molecule has 2 N–H and O–H groups in total. The lowest BCUT2D eigenvalue weighted by Gasteiger charge is -2.30. The molecule has 2 heterocycles. The van der Waals surface area contributed by atoms with Crippen LogP contribution in [0.3, 0.4) is 0 Å². The maximum absolute atomic E-state index is 10.9. The molecular weight excluding hydrogens is 291 g/mol. The molecule has 19 heavy (non-hydrogen) atoms. The minimum atomic E-state index is -0.868. The Morgan fingerprint density at radius 3 is 3.11 bits per heavy atom. The highest BCUT2D eigenvalue weighted by molar-refractivity contribution is 6.33. The topological polar surface area (TPSA) is 78.4 Å². The van der Waals surface area contributed by atoms with Gasteiger partial charge in [-0.3, -0.25) is 0 Å². The van der Waals surface area contributed by atoms with E-state index in [1.807, 2.05) is 0 Å². The van der Waals surface area contributed by atoms with E-state index >= 15 is 0 Å². The number of halogens is 2. The third kappa shape index (κ3) is 3.84. The van der Waals surface area contributed by atoms with E-state index in [4.69, 9.17) is 28.3 Å². The van der Waals surface area contributed by atoms with Crippen molar-refractivity contribution < 1.29 is 9.90 Å². The van der Waals surface area contributed by atoms with Crippen molar-refractivity contribution in [2.24, 2.45) is 5.92 Å². The Balaban J connectivity index is 1.91. The van der Waals surface area contributed by atoms with Gasteiger partial charge in [0.2, 0.25) is 5.28 Å². The zero-order valence-corrected chi connectivity index (χ0v) is 11.7. The Kier molecular flexibility index (Phi) is 4.66. The van der Waals surface area contributed by atoms with Gasteiger partial charge in [0.05, 0.1) is 6.20 Å². The standard InChI is InChI=1S/C11H14Cl2N4O2/c12-8-5-15-10(13)16-9(8)14-4-7-2-1-3-17(6-7)11(18)19/h5,7H,1-4,6H2,(H,18,19)(H,14,15,16). The van der Waals surface area contributed by atoms with Crippen molar-refractivity contribution in [3.63, 3.8) is 0 Å². The van der Waals surface area contributed by atoms with Crippen LogP contribution in [0, 0.1) is 5.92 Å². The number of likely N-dealkylation sites (tertiary alicyclic amines) is 1. The Morgan fingerprint density at radius 2 is 2.37 bits per heavy atom. The van der Waals surface area contributed by atoms with E-state index in [2.05, 4.69) is 15.3 Å². The highest BCUT2D eigenvalue weighted by atomic mass is 35.5. The molecule has 1 fully saturated rings.